The first-order valence-electron chi connectivity index (χ1n) is 17.7. The molecule has 0 spiro atoms. The molecule has 49 heavy (non-hydrogen) atoms. The first kappa shape index (κ1) is 40.6. The number of ether oxygens (including phenoxy) is 4. The van der Waals surface area contributed by atoms with Crippen LogP contribution in [0.2, 0.25) is 0 Å². The van der Waals surface area contributed by atoms with Gasteiger partial charge in [0.2, 0.25) is 23.1 Å². The van der Waals surface area contributed by atoms with Crippen LogP contribution in [0.5, 0.6) is 0 Å². The van der Waals surface area contributed by atoms with Crippen LogP contribution in [0.25, 0.3) is 0 Å². The molecule has 14 heteroatoms. The third-order valence-electron chi connectivity index (χ3n) is 11.0. The second kappa shape index (κ2) is 16.5. The molecule has 0 radical (unpaired) electrons. The van der Waals surface area contributed by atoms with Gasteiger partial charge in [-0.3, -0.25) is 9.59 Å². The van der Waals surface area contributed by atoms with Crippen molar-refractivity contribution in [2.24, 2.45) is 29.6 Å². The zero-order valence-corrected chi connectivity index (χ0v) is 29.6. The normalized spacial score (nSPS) is 33.1. The number of carbonyl (C=O) groups excluding carboxylic acids is 2. The van der Waals surface area contributed by atoms with Gasteiger partial charge in [-0.15, -0.1) is 0 Å². The Morgan fingerprint density at radius 3 is 2.06 bits per heavy atom. The quantitative estimate of drug-likeness (QED) is 0.128. The highest BCUT2D eigenvalue weighted by atomic mass is 16.8. The molecule has 3 rings (SSSR count). The number of rotatable bonds is 18. The van der Waals surface area contributed by atoms with Crippen LogP contribution in [0.15, 0.2) is 0 Å². The van der Waals surface area contributed by atoms with Gasteiger partial charge >= 0.3 is 29.8 Å². The van der Waals surface area contributed by atoms with Crippen LogP contribution in [0, 0.1) is 29.6 Å². The van der Waals surface area contributed by atoms with Crippen LogP contribution in [0.4, 0.5) is 0 Å². The summed E-state index contributed by atoms with van der Waals surface area (Å²) < 4.78 is 22.5. The number of hydrogen-bond donors (Lipinski definition) is 5. The van der Waals surface area contributed by atoms with E-state index in [2.05, 4.69) is 6.92 Å². The van der Waals surface area contributed by atoms with E-state index in [1.54, 1.807) is 6.92 Å². The van der Waals surface area contributed by atoms with E-state index in [4.69, 9.17) is 18.9 Å². The van der Waals surface area contributed by atoms with E-state index < -0.39 is 83.6 Å². The maximum absolute atomic E-state index is 13.1. The maximum Gasteiger partial charge on any atom is 0.344 e. The van der Waals surface area contributed by atoms with Gasteiger partial charge < -0.3 is 44.5 Å². The third-order valence-corrected chi connectivity index (χ3v) is 11.0. The summed E-state index contributed by atoms with van der Waals surface area (Å²) in [5.41, 5.74) is -7.30. The summed E-state index contributed by atoms with van der Waals surface area (Å²) in [4.78, 5) is 63.3. The van der Waals surface area contributed by atoms with Crippen LogP contribution in [0.3, 0.4) is 0 Å². The zero-order chi connectivity index (χ0) is 36.9. The van der Waals surface area contributed by atoms with E-state index in [9.17, 15) is 49.5 Å². The third kappa shape index (κ3) is 8.40. The molecule has 5 N–H and O–H groups in total. The molecule has 3 aliphatic rings. The minimum atomic E-state index is -3.83. The van der Waals surface area contributed by atoms with Crippen molar-refractivity contribution in [3.05, 3.63) is 0 Å². The standard InChI is InChI=1S/C35H56O14/c1-7-19(2)17-20(3)13-14-25(37)47-28-27(38)33(48-29(30(39)40)34(45,31(41)42)35(28,49-33)32(43)44)16-15-21(4)26(46-23(6)36)22(5)18-24-11-9-8-10-12-24/h19-22,24,26-29,38,45H,7-18H2,1-6H3,(H,39,40)(H,41,42)(H,43,44)/t19-,20+,21+,22+,26+,27+,28+,29+,33-,34+,35-/m0/s1. The molecule has 0 amide bonds. The molecule has 14 nitrogen and oxygen atoms in total. The van der Waals surface area contributed by atoms with Gasteiger partial charge in [-0.2, -0.15) is 0 Å². The highest BCUT2D eigenvalue weighted by molar-refractivity contribution is 5.98. The molecule has 2 saturated heterocycles. The van der Waals surface area contributed by atoms with Crippen LogP contribution in [-0.2, 0) is 42.9 Å². The molecule has 0 aromatic rings. The van der Waals surface area contributed by atoms with Crippen molar-refractivity contribution < 1.29 is 68.5 Å². The average Bonchev–Trinajstić information content (AvgIpc) is 3.25. The summed E-state index contributed by atoms with van der Waals surface area (Å²) in [5, 5.41) is 53.8. The number of fused-ring (bicyclic) bond motifs is 2. The first-order chi connectivity index (χ1) is 22.9. The summed E-state index contributed by atoms with van der Waals surface area (Å²) in [5.74, 6) is -10.2. The lowest BCUT2D eigenvalue weighted by atomic mass is 9.74. The molecular weight excluding hydrogens is 644 g/mol. The average molecular weight is 701 g/mol. The van der Waals surface area contributed by atoms with Crippen LogP contribution >= 0.6 is 0 Å². The molecule has 11 atom stereocenters. The number of carbonyl (C=O) groups is 5. The molecule has 2 bridgehead atoms. The minimum Gasteiger partial charge on any atom is -0.479 e. The summed E-state index contributed by atoms with van der Waals surface area (Å²) in [6, 6.07) is 0. The second-order valence-electron chi connectivity index (χ2n) is 14.9. The van der Waals surface area contributed by atoms with E-state index in [1.165, 1.54) is 13.3 Å². The van der Waals surface area contributed by atoms with Crippen molar-refractivity contribution in [2.45, 2.75) is 160 Å². The van der Waals surface area contributed by atoms with E-state index in [1.807, 2.05) is 20.8 Å². The van der Waals surface area contributed by atoms with Crippen molar-refractivity contribution in [3.8, 4) is 0 Å². The predicted molar refractivity (Wildman–Crippen MR) is 172 cm³/mol. The Kier molecular flexibility index (Phi) is 13.7. The number of hydrogen-bond acceptors (Lipinski definition) is 11. The fourth-order valence-electron chi connectivity index (χ4n) is 8.14. The second-order valence-corrected chi connectivity index (χ2v) is 14.9. The Labute approximate surface area is 287 Å². The Balaban J connectivity index is 1.95. The van der Waals surface area contributed by atoms with Gasteiger partial charge in [-0.1, -0.05) is 73.1 Å². The smallest absolute Gasteiger partial charge is 0.344 e. The Morgan fingerprint density at radius 1 is 0.898 bits per heavy atom. The van der Waals surface area contributed by atoms with Crippen LogP contribution in [0.1, 0.15) is 119 Å². The molecule has 1 saturated carbocycles. The topological polar surface area (TPSA) is 223 Å². The molecule has 0 aromatic carbocycles. The van der Waals surface area contributed by atoms with E-state index >= 15 is 0 Å². The van der Waals surface area contributed by atoms with E-state index in [-0.39, 0.29) is 24.7 Å². The Hall–Kier alpha value is -2.81. The first-order valence-corrected chi connectivity index (χ1v) is 17.7. The fourth-order valence-corrected chi connectivity index (χ4v) is 8.14. The van der Waals surface area contributed by atoms with Gasteiger partial charge in [0, 0.05) is 19.8 Å². The number of esters is 2. The van der Waals surface area contributed by atoms with Crippen LogP contribution < -0.4 is 0 Å². The SMILES string of the molecule is CC[C@H](C)C[C@H](C)CCC(=O)O[C@@H]1[C@@H](O)[C@@]2(CC[C@@H](C)[C@@H](OC(C)=O)[C@H](C)CC3CCCCC3)O[C@H](C(=O)O)[C@@](O)(C(=O)O)[C@]1(C(=O)O)O2. The molecule has 280 valence electrons. The van der Waals surface area contributed by atoms with Gasteiger partial charge in [0.15, 0.2) is 6.10 Å². The monoisotopic (exact) mass is 700 g/mol. The lowest BCUT2D eigenvalue weighted by Crippen LogP contribution is -2.78. The van der Waals surface area contributed by atoms with Gasteiger partial charge in [0.25, 0.3) is 0 Å². The Bertz CT molecular complexity index is 1200. The van der Waals surface area contributed by atoms with E-state index in [0.29, 0.717) is 18.3 Å². The highest BCUT2D eigenvalue weighted by Crippen LogP contribution is 2.56. The summed E-state index contributed by atoms with van der Waals surface area (Å²) in [6.07, 6.45) is -0.120. The molecule has 0 unspecified atom stereocenters. The largest absolute Gasteiger partial charge is 0.479 e. The predicted octanol–water partition coefficient (Wildman–Crippen LogP) is 3.92. The molecule has 2 aliphatic heterocycles. The summed E-state index contributed by atoms with van der Waals surface area (Å²) in [7, 11) is 0. The fraction of sp³-hybridized carbons (Fsp3) is 0.857. The highest BCUT2D eigenvalue weighted by Gasteiger charge is 2.85. The number of aliphatic carboxylic acids is 3. The summed E-state index contributed by atoms with van der Waals surface area (Å²) in [6.45, 7) is 11.1. The van der Waals surface area contributed by atoms with Crippen molar-refractivity contribution in [3.63, 3.8) is 0 Å². The molecule has 3 fully saturated rings. The molecule has 2 heterocycles. The van der Waals surface area contributed by atoms with Gasteiger partial charge in [-0.05, 0) is 55.3 Å². The molecular formula is C35H56O14. The number of aliphatic hydroxyl groups excluding tert-OH is 1. The van der Waals surface area contributed by atoms with Crippen molar-refractivity contribution in [2.75, 3.05) is 0 Å². The van der Waals surface area contributed by atoms with Gasteiger partial charge in [0.1, 0.15) is 12.2 Å². The minimum absolute atomic E-state index is 0.0192. The van der Waals surface area contributed by atoms with Crippen molar-refractivity contribution in [1.29, 1.82) is 0 Å². The molecule has 0 aromatic heterocycles. The van der Waals surface area contributed by atoms with Crippen LogP contribution in [-0.4, -0.2) is 96.8 Å². The van der Waals surface area contributed by atoms with Gasteiger partial charge in [-0.25, -0.2) is 14.4 Å². The van der Waals surface area contributed by atoms with Crippen molar-refractivity contribution >= 4 is 29.8 Å². The maximum atomic E-state index is 13.1. The van der Waals surface area contributed by atoms with Crippen molar-refractivity contribution in [1.82, 2.24) is 0 Å². The van der Waals surface area contributed by atoms with E-state index in [0.717, 1.165) is 44.9 Å². The number of carboxylic acid groups (broad SMARTS) is 3. The van der Waals surface area contributed by atoms with Gasteiger partial charge in [0.05, 0.1) is 0 Å². The number of carboxylic acids is 3. The zero-order valence-electron chi connectivity index (χ0n) is 29.6. The molecule has 1 aliphatic carbocycles. The lowest BCUT2D eigenvalue weighted by molar-refractivity contribution is -0.374. The Morgan fingerprint density at radius 2 is 1.53 bits per heavy atom. The number of aliphatic hydroxyl groups is 2. The lowest BCUT2D eigenvalue weighted by Gasteiger charge is -2.48. The summed E-state index contributed by atoms with van der Waals surface area (Å²) >= 11 is 0.